The van der Waals surface area contributed by atoms with Crippen LogP contribution in [0.3, 0.4) is 0 Å². The summed E-state index contributed by atoms with van der Waals surface area (Å²) in [6.07, 6.45) is 1.95. The Kier molecular flexibility index (Phi) is 4.93. The third-order valence-electron chi connectivity index (χ3n) is 4.30. The van der Waals surface area contributed by atoms with E-state index in [4.69, 9.17) is 15.2 Å². The fourth-order valence-electron chi connectivity index (χ4n) is 2.84. The van der Waals surface area contributed by atoms with Crippen LogP contribution in [0.5, 0.6) is 5.75 Å². The van der Waals surface area contributed by atoms with Crippen molar-refractivity contribution in [3.8, 4) is 5.75 Å². The van der Waals surface area contributed by atoms with Crippen molar-refractivity contribution in [2.24, 2.45) is 5.73 Å². The maximum absolute atomic E-state index is 5.90. The van der Waals surface area contributed by atoms with Crippen LogP contribution in [-0.2, 0) is 17.9 Å². The predicted molar refractivity (Wildman–Crippen MR) is 87.4 cm³/mol. The van der Waals surface area contributed by atoms with E-state index in [0.717, 1.165) is 36.8 Å². The van der Waals surface area contributed by atoms with Crippen LogP contribution in [0.2, 0.25) is 0 Å². The zero-order chi connectivity index (χ0) is 16.2. The molecule has 23 heavy (non-hydrogen) atoms. The number of hydrogen-bond donors (Lipinski definition) is 1. The first-order valence-electron chi connectivity index (χ1n) is 8.03. The maximum Gasteiger partial charge on any atom is 0.171 e. The second-order valence-corrected chi connectivity index (χ2v) is 6.15. The summed E-state index contributed by atoms with van der Waals surface area (Å²) in [5.41, 5.74) is 7.12. The summed E-state index contributed by atoms with van der Waals surface area (Å²) in [4.78, 5) is 0. The first-order chi connectivity index (χ1) is 11.2. The molecule has 2 aromatic rings. The summed E-state index contributed by atoms with van der Waals surface area (Å²) >= 11 is 0. The van der Waals surface area contributed by atoms with Crippen LogP contribution < -0.4 is 10.5 Å². The van der Waals surface area contributed by atoms with E-state index in [1.807, 2.05) is 24.3 Å². The van der Waals surface area contributed by atoms with Gasteiger partial charge in [0.05, 0.1) is 6.61 Å². The molecule has 6 nitrogen and oxygen atoms in total. The standard InChI is InChI=1S/C17H24N4O2/c1-12-3-5-15(6-4-12)23-11-16-19-20-17(13-9-14(18)10-13)21(16)7-8-22-2/h3-6,13-14H,7-11,18H2,1-2H3. The van der Waals surface area contributed by atoms with Crippen molar-refractivity contribution >= 4 is 0 Å². The number of nitrogens with two attached hydrogens (primary N) is 1. The number of benzene rings is 1. The molecule has 1 saturated carbocycles. The SMILES string of the molecule is COCCn1c(COc2ccc(C)cc2)nnc1C1CC(N)C1. The lowest BCUT2D eigenvalue weighted by molar-refractivity contribution is 0.180. The van der Waals surface area contributed by atoms with Gasteiger partial charge in [-0.2, -0.15) is 0 Å². The quantitative estimate of drug-likeness (QED) is 0.846. The number of ether oxygens (including phenoxy) is 2. The van der Waals surface area contributed by atoms with Gasteiger partial charge in [0.1, 0.15) is 18.2 Å². The van der Waals surface area contributed by atoms with Crippen molar-refractivity contribution in [1.29, 1.82) is 0 Å². The van der Waals surface area contributed by atoms with E-state index in [1.165, 1.54) is 5.56 Å². The molecule has 0 unspecified atom stereocenters. The van der Waals surface area contributed by atoms with E-state index >= 15 is 0 Å². The molecule has 124 valence electrons. The fourth-order valence-corrected chi connectivity index (χ4v) is 2.84. The Hall–Kier alpha value is -1.92. The largest absolute Gasteiger partial charge is 0.486 e. The minimum absolute atomic E-state index is 0.292. The predicted octanol–water partition coefficient (Wildman–Crippen LogP) is 2.02. The Morgan fingerprint density at radius 1 is 1.22 bits per heavy atom. The van der Waals surface area contributed by atoms with Crippen molar-refractivity contribution in [2.75, 3.05) is 13.7 Å². The van der Waals surface area contributed by atoms with E-state index in [2.05, 4.69) is 21.7 Å². The lowest BCUT2D eigenvalue weighted by Crippen LogP contribution is -2.36. The molecule has 1 fully saturated rings. The van der Waals surface area contributed by atoms with Crippen LogP contribution >= 0.6 is 0 Å². The second kappa shape index (κ2) is 7.10. The van der Waals surface area contributed by atoms with Crippen LogP contribution in [0.15, 0.2) is 24.3 Å². The van der Waals surface area contributed by atoms with Gasteiger partial charge in [0.15, 0.2) is 5.82 Å². The van der Waals surface area contributed by atoms with Gasteiger partial charge in [0.2, 0.25) is 0 Å². The van der Waals surface area contributed by atoms with Gasteiger partial charge in [-0.1, -0.05) is 17.7 Å². The fraction of sp³-hybridized carbons (Fsp3) is 0.529. The molecular weight excluding hydrogens is 292 g/mol. The van der Waals surface area contributed by atoms with Crippen LogP contribution in [0.1, 0.15) is 36.0 Å². The summed E-state index contributed by atoms with van der Waals surface area (Å²) < 4.78 is 13.2. The van der Waals surface area contributed by atoms with Crippen molar-refractivity contribution < 1.29 is 9.47 Å². The third-order valence-corrected chi connectivity index (χ3v) is 4.30. The second-order valence-electron chi connectivity index (χ2n) is 6.15. The molecule has 1 aromatic carbocycles. The molecule has 1 heterocycles. The van der Waals surface area contributed by atoms with Gasteiger partial charge in [-0.05, 0) is 31.9 Å². The number of methoxy groups -OCH3 is 1. The Balaban J connectivity index is 1.71. The molecule has 0 atom stereocenters. The maximum atomic E-state index is 5.90. The monoisotopic (exact) mass is 316 g/mol. The molecule has 0 bridgehead atoms. The van der Waals surface area contributed by atoms with E-state index in [-0.39, 0.29) is 0 Å². The molecule has 1 aliphatic rings. The number of hydrogen-bond acceptors (Lipinski definition) is 5. The molecule has 0 saturated heterocycles. The first kappa shape index (κ1) is 16.0. The Morgan fingerprint density at radius 2 is 1.96 bits per heavy atom. The van der Waals surface area contributed by atoms with E-state index < -0.39 is 0 Å². The molecule has 1 aromatic heterocycles. The lowest BCUT2D eigenvalue weighted by Gasteiger charge is -2.31. The van der Waals surface area contributed by atoms with Crippen LogP contribution in [0, 0.1) is 6.92 Å². The highest BCUT2D eigenvalue weighted by molar-refractivity contribution is 5.26. The Bertz CT molecular complexity index is 633. The highest BCUT2D eigenvalue weighted by Crippen LogP contribution is 2.34. The molecule has 0 spiro atoms. The lowest BCUT2D eigenvalue weighted by atomic mass is 9.80. The minimum atomic E-state index is 0.292. The van der Waals surface area contributed by atoms with Gasteiger partial charge in [0, 0.05) is 25.6 Å². The molecule has 0 radical (unpaired) electrons. The van der Waals surface area contributed by atoms with Crippen LogP contribution in [-0.4, -0.2) is 34.5 Å². The zero-order valence-electron chi connectivity index (χ0n) is 13.7. The van der Waals surface area contributed by atoms with Crippen LogP contribution in [0.25, 0.3) is 0 Å². The zero-order valence-corrected chi connectivity index (χ0v) is 13.7. The average Bonchev–Trinajstić information content (AvgIpc) is 2.91. The van der Waals surface area contributed by atoms with E-state index in [9.17, 15) is 0 Å². The number of aromatic nitrogens is 3. The molecule has 2 N–H and O–H groups in total. The highest BCUT2D eigenvalue weighted by Gasteiger charge is 2.32. The van der Waals surface area contributed by atoms with E-state index in [0.29, 0.717) is 25.2 Å². The van der Waals surface area contributed by atoms with Crippen molar-refractivity contribution in [3.05, 3.63) is 41.5 Å². The topological polar surface area (TPSA) is 75.2 Å². The minimum Gasteiger partial charge on any atom is -0.486 e. The first-order valence-corrected chi connectivity index (χ1v) is 8.03. The number of nitrogens with zero attached hydrogens (tertiary/aromatic N) is 3. The summed E-state index contributed by atoms with van der Waals surface area (Å²) in [7, 11) is 1.70. The summed E-state index contributed by atoms with van der Waals surface area (Å²) in [6, 6.07) is 8.30. The van der Waals surface area contributed by atoms with Crippen molar-refractivity contribution in [3.63, 3.8) is 0 Å². The van der Waals surface area contributed by atoms with Crippen molar-refractivity contribution in [1.82, 2.24) is 14.8 Å². The summed E-state index contributed by atoms with van der Waals surface area (Å²) in [5, 5.41) is 8.69. The van der Waals surface area contributed by atoms with E-state index in [1.54, 1.807) is 7.11 Å². The molecule has 6 heteroatoms. The molecule has 0 aliphatic heterocycles. The van der Waals surface area contributed by atoms with Gasteiger partial charge in [-0.25, -0.2) is 0 Å². The Morgan fingerprint density at radius 3 is 2.61 bits per heavy atom. The highest BCUT2D eigenvalue weighted by atomic mass is 16.5. The molecular formula is C17H24N4O2. The third kappa shape index (κ3) is 3.71. The molecule has 0 amide bonds. The van der Waals surface area contributed by atoms with Gasteiger partial charge in [-0.15, -0.1) is 10.2 Å². The van der Waals surface area contributed by atoms with Crippen LogP contribution in [0.4, 0.5) is 0 Å². The number of aryl methyl sites for hydroxylation is 1. The van der Waals surface area contributed by atoms with Gasteiger partial charge < -0.3 is 19.8 Å². The summed E-state index contributed by atoms with van der Waals surface area (Å²) in [5.74, 6) is 3.08. The molecule has 3 rings (SSSR count). The smallest absolute Gasteiger partial charge is 0.171 e. The van der Waals surface area contributed by atoms with Gasteiger partial charge in [-0.3, -0.25) is 0 Å². The summed E-state index contributed by atoms with van der Waals surface area (Å²) in [6.45, 7) is 3.82. The number of rotatable bonds is 7. The van der Waals surface area contributed by atoms with Gasteiger partial charge >= 0.3 is 0 Å². The molecule has 1 aliphatic carbocycles. The Labute approximate surface area is 136 Å². The van der Waals surface area contributed by atoms with Crippen molar-refractivity contribution in [2.45, 2.75) is 44.9 Å². The normalized spacial score (nSPS) is 20.3. The van der Waals surface area contributed by atoms with Gasteiger partial charge in [0.25, 0.3) is 0 Å². The average molecular weight is 316 g/mol.